The molecule has 0 bridgehead atoms. The maximum atomic E-state index is 12.8. The van der Waals surface area contributed by atoms with E-state index in [-0.39, 0.29) is 11.6 Å². The van der Waals surface area contributed by atoms with Gasteiger partial charge in [-0.25, -0.2) is 9.67 Å². The molecule has 0 atom stereocenters. The fraction of sp³-hybridized carbons (Fsp3) is 0.250. The van der Waals surface area contributed by atoms with Gasteiger partial charge in [0.15, 0.2) is 5.82 Å². The molecule has 6 nitrogen and oxygen atoms in total. The lowest BCUT2D eigenvalue weighted by Gasteiger charge is -2.12. The standard InChI is InChI=1S/C20H22ClN5O/c1-4-22-12-15-7-5-6-8-17(15)23-20(27)19-16(21)9-10-18(24-19)26-14(3)11-13(2)25-26/h5-11,22H,4,12H2,1-3H3,(H,23,27). The van der Waals surface area contributed by atoms with Crippen LogP contribution in [0.4, 0.5) is 5.69 Å². The number of nitrogens with one attached hydrogen (secondary N) is 2. The maximum Gasteiger partial charge on any atom is 0.275 e. The van der Waals surface area contributed by atoms with Crippen LogP contribution in [0.3, 0.4) is 0 Å². The summed E-state index contributed by atoms with van der Waals surface area (Å²) in [5.74, 6) is 0.198. The number of benzene rings is 1. The molecule has 2 N–H and O–H groups in total. The molecule has 0 spiro atoms. The summed E-state index contributed by atoms with van der Waals surface area (Å²) in [5, 5.41) is 10.9. The molecule has 0 aliphatic rings. The van der Waals surface area contributed by atoms with E-state index in [4.69, 9.17) is 11.6 Å². The monoisotopic (exact) mass is 383 g/mol. The first-order valence-corrected chi connectivity index (χ1v) is 9.17. The van der Waals surface area contributed by atoms with Crippen LogP contribution >= 0.6 is 11.6 Å². The molecule has 0 saturated carbocycles. The van der Waals surface area contributed by atoms with Crippen molar-refractivity contribution in [1.29, 1.82) is 0 Å². The number of hydrogen-bond acceptors (Lipinski definition) is 4. The van der Waals surface area contributed by atoms with Crippen LogP contribution in [0.15, 0.2) is 42.5 Å². The smallest absolute Gasteiger partial charge is 0.275 e. The van der Waals surface area contributed by atoms with Gasteiger partial charge in [-0.15, -0.1) is 0 Å². The fourth-order valence-corrected chi connectivity index (χ4v) is 3.00. The largest absolute Gasteiger partial charge is 0.320 e. The van der Waals surface area contributed by atoms with Crippen LogP contribution in [0.2, 0.25) is 5.02 Å². The zero-order valence-corrected chi connectivity index (χ0v) is 16.3. The second-order valence-corrected chi connectivity index (χ2v) is 6.64. The van der Waals surface area contributed by atoms with Gasteiger partial charge in [-0.2, -0.15) is 5.10 Å². The topological polar surface area (TPSA) is 71.8 Å². The average molecular weight is 384 g/mol. The Hall–Kier alpha value is -2.70. The third kappa shape index (κ3) is 4.35. The quantitative estimate of drug-likeness (QED) is 0.677. The van der Waals surface area contributed by atoms with Crippen molar-refractivity contribution in [2.75, 3.05) is 11.9 Å². The molecule has 140 valence electrons. The van der Waals surface area contributed by atoms with Crippen molar-refractivity contribution < 1.29 is 4.79 Å². The molecule has 1 aromatic carbocycles. The number of hydrogen-bond donors (Lipinski definition) is 2. The summed E-state index contributed by atoms with van der Waals surface area (Å²) in [7, 11) is 0. The minimum Gasteiger partial charge on any atom is -0.320 e. The lowest BCUT2D eigenvalue weighted by Crippen LogP contribution is -2.19. The third-order valence-corrected chi connectivity index (χ3v) is 4.41. The van der Waals surface area contributed by atoms with Gasteiger partial charge in [0.2, 0.25) is 0 Å². The van der Waals surface area contributed by atoms with Crippen LogP contribution in [0.5, 0.6) is 0 Å². The first-order chi connectivity index (χ1) is 13.0. The molecule has 3 rings (SSSR count). The van der Waals surface area contributed by atoms with Gasteiger partial charge in [-0.3, -0.25) is 4.79 Å². The molecule has 2 heterocycles. The number of aromatic nitrogens is 3. The van der Waals surface area contributed by atoms with Crippen molar-refractivity contribution in [2.45, 2.75) is 27.3 Å². The number of aryl methyl sites for hydroxylation is 2. The molecule has 0 saturated heterocycles. The summed E-state index contributed by atoms with van der Waals surface area (Å²) in [6.07, 6.45) is 0. The second kappa shape index (κ2) is 8.33. The van der Waals surface area contributed by atoms with Crippen LogP contribution in [0.1, 0.15) is 34.4 Å². The molecule has 1 amide bonds. The summed E-state index contributed by atoms with van der Waals surface area (Å²) < 4.78 is 1.70. The highest BCUT2D eigenvalue weighted by Gasteiger charge is 2.16. The summed E-state index contributed by atoms with van der Waals surface area (Å²) in [4.78, 5) is 17.3. The van der Waals surface area contributed by atoms with Crippen molar-refractivity contribution in [3.05, 3.63) is 70.1 Å². The van der Waals surface area contributed by atoms with E-state index in [9.17, 15) is 4.79 Å². The van der Waals surface area contributed by atoms with Crippen molar-refractivity contribution in [2.24, 2.45) is 0 Å². The number of amides is 1. The summed E-state index contributed by atoms with van der Waals surface area (Å²) >= 11 is 6.25. The Morgan fingerprint density at radius 3 is 2.67 bits per heavy atom. The number of carbonyl (C=O) groups is 1. The van der Waals surface area contributed by atoms with Gasteiger partial charge >= 0.3 is 0 Å². The highest BCUT2D eigenvalue weighted by Crippen LogP contribution is 2.21. The van der Waals surface area contributed by atoms with Crippen molar-refractivity contribution >= 4 is 23.2 Å². The minimum absolute atomic E-state index is 0.167. The van der Waals surface area contributed by atoms with Gasteiger partial charge in [-0.05, 0) is 50.2 Å². The summed E-state index contributed by atoms with van der Waals surface area (Å²) in [6.45, 7) is 7.40. The van der Waals surface area contributed by atoms with E-state index < -0.39 is 0 Å². The van der Waals surface area contributed by atoms with Gasteiger partial charge in [0.25, 0.3) is 5.91 Å². The van der Waals surface area contributed by atoms with E-state index in [1.165, 1.54) is 0 Å². The van der Waals surface area contributed by atoms with E-state index in [0.717, 1.165) is 29.2 Å². The van der Waals surface area contributed by atoms with Gasteiger partial charge in [-0.1, -0.05) is 36.7 Å². The Balaban J connectivity index is 1.89. The van der Waals surface area contributed by atoms with Crippen LogP contribution in [-0.2, 0) is 6.54 Å². The zero-order valence-electron chi connectivity index (χ0n) is 15.6. The Kier molecular flexibility index (Phi) is 5.88. The lowest BCUT2D eigenvalue weighted by molar-refractivity contribution is 0.102. The number of rotatable bonds is 6. The van der Waals surface area contributed by atoms with Crippen molar-refractivity contribution in [3.8, 4) is 5.82 Å². The number of halogens is 1. The highest BCUT2D eigenvalue weighted by atomic mass is 35.5. The molecule has 0 radical (unpaired) electrons. The third-order valence-electron chi connectivity index (χ3n) is 4.10. The first kappa shape index (κ1) is 19.1. The van der Waals surface area contributed by atoms with Crippen LogP contribution < -0.4 is 10.6 Å². The number of para-hydroxylation sites is 1. The molecule has 0 fully saturated rings. The molecule has 7 heteroatoms. The van der Waals surface area contributed by atoms with E-state index in [1.54, 1.807) is 16.8 Å². The second-order valence-electron chi connectivity index (χ2n) is 6.23. The Labute approximate surface area is 163 Å². The average Bonchev–Trinajstić information content (AvgIpc) is 2.99. The Morgan fingerprint density at radius 2 is 1.96 bits per heavy atom. The van der Waals surface area contributed by atoms with E-state index >= 15 is 0 Å². The molecule has 0 aliphatic heterocycles. The van der Waals surface area contributed by atoms with Crippen LogP contribution in [0.25, 0.3) is 5.82 Å². The van der Waals surface area contributed by atoms with Crippen LogP contribution in [0, 0.1) is 13.8 Å². The number of anilines is 1. The number of carbonyl (C=O) groups excluding carboxylic acids is 1. The molecule has 27 heavy (non-hydrogen) atoms. The van der Waals surface area contributed by atoms with Crippen LogP contribution in [-0.4, -0.2) is 27.2 Å². The zero-order chi connectivity index (χ0) is 19.4. The van der Waals surface area contributed by atoms with E-state index in [0.29, 0.717) is 17.4 Å². The normalized spacial score (nSPS) is 10.8. The maximum absolute atomic E-state index is 12.8. The molecule has 3 aromatic rings. The predicted molar refractivity (Wildman–Crippen MR) is 108 cm³/mol. The molecule has 0 aliphatic carbocycles. The minimum atomic E-state index is -0.354. The molecule has 0 unspecified atom stereocenters. The Bertz CT molecular complexity index is 967. The first-order valence-electron chi connectivity index (χ1n) is 8.79. The fourth-order valence-electron chi connectivity index (χ4n) is 2.81. The van der Waals surface area contributed by atoms with Crippen molar-refractivity contribution in [1.82, 2.24) is 20.1 Å². The van der Waals surface area contributed by atoms with Gasteiger partial charge in [0, 0.05) is 17.9 Å². The van der Waals surface area contributed by atoms with Gasteiger partial charge < -0.3 is 10.6 Å². The van der Waals surface area contributed by atoms with Crippen molar-refractivity contribution in [3.63, 3.8) is 0 Å². The molecular weight excluding hydrogens is 362 g/mol. The summed E-state index contributed by atoms with van der Waals surface area (Å²) in [5.41, 5.74) is 3.72. The molecular formula is C20H22ClN5O. The Morgan fingerprint density at radius 1 is 1.19 bits per heavy atom. The highest BCUT2D eigenvalue weighted by molar-refractivity contribution is 6.34. The number of nitrogens with zero attached hydrogens (tertiary/aromatic N) is 3. The van der Waals surface area contributed by atoms with E-state index in [1.807, 2.05) is 51.1 Å². The SMILES string of the molecule is CCNCc1ccccc1NC(=O)c1nc(-n2nc(C)cc2C)ccc1Cl. The molecule has 2 aromatic heterocycles. The van der Waals surface area contributed by atoms with Gasteiger partial charge in [0.05, 0.1) is 10.7 Å². The number of pyridine rings is 1. The predicted octanol–water partition coefficient (Wildman–Crippen LogP) is 3.90. The lowest BCUT2D eigenvalue weighted by atomic mass is 10.1. The summed E-state index contributed by atoms with van der Waals surface area (Å²) in [6, 6.07) is 13.0. The van der Waals surface area contributed by atoms with Gasteiger partial charge in [0.1, 0.15) is 5.69 Å². The van der Waals surface area contributed by atoms with E-state index in [2.05, 4.69) is 20.7 Å².